The molecule has 0 aliphatic carbocycles. The number of nitrogen functional groups attached to an aromatic ring is 1. The molecule has 1 atom stereocenters. The summed E-state index contributed by atoms with van der Waals surface area (Å²) in [6.07, 6.45) is 6.40. The van der Waals surface area contributed by atoms with Gasteiger partial charge in [0.25, 0.3) is 0 Å². The summed E-state index contributed by atoms with van der Waals surface area (Å²) in [7, 11) is 0. The molecule has 19 heavy (non-hydrogen) atoms. The SMILES string of the molecule is CCCCNc1ncnc(N2CCCC(C)C2)c1N. The minimum absolute atomic E-state index is 0.688. The Balaban J connectivity index is 2.10. The van der Waals surface area contributed by atoms with Gasteiger partial charge in [-0.3, -0.25) is 0 Å². The molecule has 1 aromatic heterocycles. The highest BCUT2D eigenvalue weighted by molar-refractivity contribution is 5.74. The van der Waals surface area contributed by atoms with Crippen LogP contribution in [-0.2, 0) is 0 Å². The number of nitrogens with two attached hydrogens (primary N) is 1. The Labute approximate surface area is 115 Å². The smallest absolute Gasteiger partial charge is 0.157 e. The van der Waals surface area contributed by atoms with Gasteiger partial charge in [0.05, 0.1) is 0 Å². The van der Waals surface area contributed by atoms with Crippen molar-refractivity contribution in [2.24, 2.45) is 5.92 Å². The van der Waals surface area contributed by atoms with E-state index in [0.717, 1.165) is 44.1 Å². The summed E-state index contributed by atoms with van der Waals surface area (Å²) in [4.78, 5) is 10.9. The Kier molecular flexibility index (Phi) is 4.82. The number of nitrogens with one attached hydrogen (secondary N) is 1. The van der Waals surface area contributed by atoms with Crippen molar-refractivity contribution in [3.05, 3.63) is 6.33 Å². The van der Waals surface area contributed by atoms with E-state index < -0.39 is 0 Å². The molecule has 1 saturated heterocycles. The summed E-state index contributed by atoms with van der Waals surface area (Å²) in [5, 5.41) is 3.30. The standard InChI is InChI=1S/C14H25N5/c1-3-4-7-16-13-12(15)14(18-10-17-13)19-8-5-6-11(2)9-19/h10-11H,3-9,15H2,1-2H3,(H,16,17,18). The van der Waals surface area contributed by atoms with Crippen molar-refractivity contribution >= 4 is 17.3 Å². The first-order valence-electron chi connectivity index (χ1n) is 7.31. The number of unbranched alkanes of at least 4 members (excludes halogenated alkanes) is 1. The third kappa shape index (κ3) is 3.49. The number of piperidine rings is 1. The van der Waals surface area contributed by atoms with E-state index in [9.17, 15) is 0 Å². The molecule has 0 spiro atoms. The maximum Gasteiger partial charge on any atom is 0.157 e. The number of hydrogen-bond donors (Lipinski definition) is 2. The normalized spacial score (nSPS) is 19.5. The number of rotatable bonds is 5. The van der Waals surface area contributed by atoms with E-state index in [-0.39, 0.29) is 0 Å². The zero-order valence-corrected chi connectivity index (χ0v) is 12.0. The molecule has 1 aliphatic rings. The molecule has 1 unspecified atom stereocenters. The van der Waals surface area contributed by atoms with Crippen LogP contribution in [0.25, 0.3) is 0 Å². The van der Waals surface area contributed by atoms with Crippen molar-refractivity contribution < 1.29 is 0 Å². The summed E-state index contributed by atoms with van der Waals surface area (Å²) in [5.41, 5.74) is 6.90. The fraction of sp³-hybridized carbons (Fsp3) is 0.714. The van der Waals surface area contributed by atoms with Crippen LogP contribution in [0.1, 0.15) is 39.5 Å². The lowest BCUT2D eigenvalue weighted by molar-refractivity contribution is 0.445. The highest BCUT2D eigenvalue weighted by Crippen LogP contribution is 2.29. The molecule has 0 aromatic carbocycles. The minimum Gasteiger partial charge on any atom is -0.393 e. The zero-order valence-electron chi connectivity index (χ0n) is 12.0. The van der Waals surface area contributed by atoms with Gasteiger partial charge in [-0.25, -0.2) is 9.97 Å². The van der Waals surface area contributed by atoms with Crippen LogP contribution in [0.4, 0.5) is 17.3 Å². The van der Waals surface area contributed by atoms with Gasteiger partial charge in [-0.2, -0.15) is 0 Å². The number of hydrogen-bond acceptors (Lipinski definition) is 5. The molecule has 5 heteroatoms. The third-order valence-corrected chi connectivity index (χ3v) is 3.64. The first-order chi connectivity index (χ1) is 9.22. The van der Waals surface area contributed by atoms with Crippen molar-refractivity contribution in [3.8, 4) is 0 Å². The van der Waals surface area contributed by atoms with E-state index in [2.05, 4.69) is 34.0 Å². The Hall–Kier alpha value is -1.52. The second-order valence-electron chi connectivity index (χ2n) is 5.43. The topological polar surface area (TPSA) is 67.1 Å². The highest BCUT2D eigenvalue weighted by atomic mass is 15.2. The molecule has 0 saturated carbocycles. The molecule has 2 rings (SSSR count). The van der Waals surface area contributed by atoms with Crippen LogP contribution in [0.3, 0.4) is 0 Å². The Morgan fingerprint density at radius 3 is 3.05 bits per heavy atom. The number of aromatic nitrogens is 2. The van der Waals surface area contributed by atoms with Gasteiger partial charge in [-0.05, 0) is 25.2 Å². The molecule has 2 heterocycles. The molecular formula is C14H25N5. The maximum atomic E-state index is 6.21. The zero-order chi connectivity index (χ0) is 13.7. The summed E-state index contributed by atoms with van der Waals surface area (Å²) in [6, 6.07) is 0. The number of nitrogens with zero attached hydrogens (tertiary/aromatic N) is 3. The van der Waals surface area contributed by atoms with E-state index in [4.69, 9.17) is 5.73 Å². The predicted molar refractivity (Wildman–Crippen MR) is 80.5 cm³/mol. The van der Waals surface area contributed by atoms with Gasteiger partial charge in [-0.1, -0.05) is 20.3 Å². The quantitative estimate of drug-likeness (QED) is 0.799. The van der Waals surface area contributed by atoms with Gasteiger partial charge in [0.15, 0.2) is 11.6 Å². The van der Waals surface area contributed by atoms with Crippen LogP contribution in [0.15, 0.2) is 6.33 Å². The Morgan fingerprint density at radius 1 is 1.47 bits per heavy atom. The van der Waals surface area contributed by atoms with Gasteiger partial charge in [0, 0.05) is 19.6 Å². The van der Waals surface area contributed by atoms with E-state index >= 15 is 0 Å². The van der Waals surface area contributed by atoms with Gasteiger partial charge in [0.1, 0.15) is 12.0 Å². The summed E-state index contributed by atoms with van der Waals surface area (Å²) < 4.78 is 0. The second kappa shape index (κ2) is 6.59. The van der Waals surface area contributed by atoms with E-state index in [1.807, 2.05) is 0 Å². The molecule has 0 radical (unpaired) electrons. The van der Waals surface area contributed by atoms with Crippen molar-refractivity contribution in [3.63, 3.8) is 0 Å². The van der Waals surface area contributed by atoms with Crippen LogP contribution in [0.2, 0.25) is 0 Å². The predicted octanol–water partition coefficient (Wildman–Crippen LogP) is 2.51. The van der Waals surface area contributed by atoms with Crippen molar-refractivity contribution in [1.82, 2.24) is 9.97 Å². The summed E-state index contributed by atoms with van der Waals surface area (Å²) in [6.45, 7) is 7.44. The molecule has 0 amide bonds. The molecule has 3 N–H and O–H groups in total. The first kappa shape index (κ1) is 13.9. The third-order valence-electron chi connectivity index (χ3n) is 3.64. The van der Waals surface area contributed by atoms with E-state index in [1.54, 1.807) is 6.33 Å². The Bertz CT molecular complexity index is 407. The van der Waals surface area contributed by atoms with Crippen molar-refractivity contribution in [2.75, 3.05) is 35.6 Å². The molecule has 1 aromatic rings. The Morgan fingerprint density at radius 2 is 2.32 bits per heavy atom. The van der Waals surface area contributed by atoms with E-state index in [1.165, 1.54) is 12.8 Å². The second-order valence-corrected chi connectivity index (χ2v) is 5.43. The highest BCUT2D eigenvalue weighted by Gasteiger charge is 2.20. The van der Waals surface area contributed by atoms with Crippen LogP contribution >= 0.6 is 0 Å². The average molecular weight is 263 g/mol. The van der Waals surface area contributed by atoms with Crippen LogP contribution < -0.4 is 16.0 Å². The van der Waals surface area contributed by atoms with Crippen molar-refractivity contribution in [1.29, 1.82) is 0 Å². The lowest BCUT2D eigenvalue weighted by Gasteiger charge is -2.32. The fourth-order valence-corrected chi connectivity index (χ4v) is 2.54. The van der Waals surface area contributed by atoms with Gasteiger partial charge >= 0.3 is 0 Å². The number of anilines is 3. The minimum atomic E-state index is 0.688. The van der Waals surface area contributed by atoms with Crippen LogP contribution in [-0.4, -0.2) is 29.6 Å². The van der Waals surface area contributed by atoms with Crippen LogP contribution in [0.5, 0.6) is 0 Å². The van der Waals surface area contributed by atoms with Gasteiger partial charge in [-0.15, -0.1) is 0 Å². The average Bonchev–Trinajstić information content (AvgIpc) is 2.41. The fourth-order valence-electron chi connectivity index (χ4n) is 2.54. The van der Waals surface area contributed by atoms with Crippen LogP contribution in [0, 0.1) is 5.92 Å². The first-order valence-corrected chi connectivity index (χ1v) is 7.31. The summed E-state index contributed by atoms with van der Waals surface area (Å²) in [5.74, 6) is 2.37. The van der Waals surface area contributed by atoms with Gasteiger partial charge < -0.3 is 16.0 Å². The van der Waals surface area contributed by atoms with E-state index in [0.29, 0.717) is 11.6 Å². The van der Waals surface area contributed by atoms with Gasteiger partial charge in [0.2, 0.25) is 0 Å². The molecule has 5 nitrogen and oxygen atoms in total. The lowest BCUT2D eigenvalue weighted by atomic mass is 10.0. The molecule has 0 bridgehead atoms. The largest absolute Gasteiger partial charge is 0.393 e. The lowest BCUT2D eigenvalue weighted by Crippen LogP contribution is -2.35. The molecule has 1 fully saturated rings. The molecule has 1 aliphatic heterocycles. The monoisotopic (exact) mass is 263 g/mol. The maximum absolute atomic E-state index is 6.21. The molecular weight excluding hydrogens is 238 g/mol. The summed E-state index contributed by atoms with van der Waals surface area (Å²) >= 11 is 0. The molecule has 106 valence electrons. The van der Waals surface area contributed by atoms with Crippen molar-refractivity contribution in [2.45, 2.75) is 39.5 Å².